The van der Waals surface area contributed by atoms with Crippen LogP contribution in [0.2, 0.25) is 0 Å². The SMILES string of the molecule is C=CN/C=C(\C#N)c1cccc(C)c1. The zero-order chi connectivity index (χ0) is 10.4. The first kappa shape index (κ1) is 10.1. The fourth-order valence-corrected chi connectivity index (χ4v) is 1.14. The molecule has 0 bridgehead atoms. The molecule has 0 heterocycles. The Bertz CT molecular complexity index is 397. The van der Waals surface area contributed by atoms with Crippen molar-refractivity contribution < 1.29 is 0 Å². The molecule has 1 aromatic carbocycles. The van der Waals surface area contributed by atoms with Crippen LogP contribution in [0, 0.1) is 18.3 Å². The average molecular weight is 184 g/mol. The van der Waals surface area contributed by atoms with Crippen LogP contribution in [0.4, 0.5) is 0 Å². The largest absolute Gasteiger partial charge is 0.367 e. The number of nitriles is 1. The first-order chi connectivity index (χ1) is 6.77. The third kappa shape index (κ3) is 2.49. The summed E-state index contributed by atoms with van der Waals surface area (Å²) in [6.07, 6.45) is 3.18. The molecule has 70 valence electrons. The van der Waals surface area contributed by atoms with Crippen LogP contribution in [0.5, 0.6) is 0 Å². The topological polar surface area (TPSA) is 35.8 Å². The molecule has 0 aliphatic heterocycles. The van der Waals surface area contributed by atoms with E-state index in [-0.39, 0.29) is 0 Å². The number of benzene rings is 1. The Kier molecular flexibility index (Phi) is 3.51. The van der Waals surface area contributed by atoms with E-state index in [0.29, 0.717) is 5.57 Å². The van der Waals surface area contributed by atoms with E-state index in [4.69, 9.17) is 5.26 Å². The minimum absolute atomic E-state index is 0.605. The van der Waals surface area contributed by atoms with Gasteiger partial charge >= 0.3 is 0 Å². The molecule has 2 heteroatoms. The summed E-state index contributed by atoms with van der Waals surface area (Å²) in [6, 6.07) is 9.95. The van der Waals surface area contributed by atoms with Crippen molar-refractivity contribution in [3.8, 4) is 6.07 Å². The summed E-state index contributed by atoms with van der Waals surface area (Å²) in [4.78, 5) is 0. The summed E-state index contributed by atoms with van der Waals surface area (Å²) in [5.41, 5.74) is 2.66. The van der Waals surface area contributed by atoms with Crippen LogP contribution in [-0.2, 0) is 0 Å². The van der Waals surface area contributed by atoms with Gasteiger partial charge in [0.15, 0.2) is 0 Å². The fraction of sp³-hybridized carbons (Fsp3) is 0.0833. The molecular formula is C12H12N2. The number of rotatable bonds is 3. The van der Waals surface area contributed by atoms with E-state index in [1.807, 2.05) is 31.2 Å². The highest BCUT2D eigenvalue weighted by Gasteiger charge is 1.98. The number of hydrogen-bond donors (Lipinski definition) is 1. The van der Waals surface area contributed by atoms with E-state index in [2.05, 4.69) is 18.0 Å². The number of nitrogens with one attached hydrogen (secondary N) is 1. The van der Waals surface area contributed by atoms with Gasteiger partial charge in [0.2, 0.25) is 0 Å². The summed E-state index contributed by atoms with van der Waals surface area (Å²) < 4.78 is 0. The first-order valence-electron chi connectivity index (χ1n) is 4.32. The van der Waals surface area contributed by atoms with Crippen molar-refractivity contribution in [3.63, 3.8) is 0 Å². The maximum atomic E-state index is 8.90. The smallest absolute Gasteiger partial charge is 0.101 e. The molecule has 0 aliphatic rings. The van der Waals surface area contributed by atoms with E-state index in [1.165, 1.54) is 6.20 Å². The molecule has 0 atom stereocenters. The van der Waals surface area contributed by atoms with Crippen molar-refractivity contribution in [1.82, 2.24) is 5.32 Å². The molecule has 0 spiro atoms. The second-order valence-corrected chi connectivity index (χ2v) is 2.91. The Morgan fingerprint density at radius 3 is 2.93 bits per heavy atom. The van der Waals surface area contributed by atoms with Crippen LogP contribution >= 0.6 is 0 Å². The lowest BCUT2D eigenvalue weighted by atomic mass is 10.1. The lowest BCUT2D eigenvalue weighted by Crippen LogP contribution is -1.93. The molecule has 0 saturated carbocycles. The van der Waals surface area contributed by atoms with Crippen LogP contribution in [0.1, 0.15) is 11.1 Å². The molecule has 0 aliphatic carbocycles. The highest BCUT2D eigenvalue weighted by Crippen LogP contribution is 2.13. The minimum Gasteiger partial charge on any atom is -0.367 e. The highest BCUT2D eigenvalue weighted by atomic mass is 14.8. The summed E-state index contributed by atoms with van der Waals surface area (Å²) in [7, 11) is 0. The van der Waals surface area contributed by atoms with Gasteiger partial charge < -0.3 is 5.32 Å². The average Bonchev–Trinajstić information content (AvgIpc) is 2.19. The van der Waals surface area contributed by atoms with Crippen LogP contribution in [0.15, 0.2) is 43.2 Å². The van der Waals surface area contributed by atoms with Gasteiger partial charge in [0.1, 0.15) is 6.07 Å². The lowest BCUT2D eigenvalue weighted by Gasteiger charge is -2.00. The van der Waals surface area contributed by atoms with Crippen molar-refractivity contribution in [2.75, 3.05) is 0 Å². The van der Waals surface area contributed by atoms with E-state index in [0.717, 1.165) is 11.1 Å². The molecule has 0 amide bonds. The fourth-order valence-electron chi connectivity index (χ4n) is 1.14. The molecule has 1 aromatic rings. The zero-order valence-electron chi connectivity index (χ0n) is 8.12. The van der Waals surface area contributed by atoms with Gasteiger partial charge in [-0.15, -0.1) is 0 Å². The molecule has 0 radical (unpaired) electrons. The van der Waals surface area contributed by atoms with Gasteiger partial charge in [0.05, 0.1) is 5.57 Å². The Hall–Kier alpha value is -2.01. The molecule has 0 saturated heterocycles. The maximum absolute atomic E-state index is 8.90. The van der Waals surface area contributed by atoms with Gasteiger partial charge in [-0.2, -0.15) is 5.26 Å². The number of aryl methyl sites for hydroxylation is 1. The molecule has 0 unspecified atom stereocenters. The summed E-state index contributed by atoms with van der Waals surface area (Å²) in [5, 5.41) is 11.7. The van der Waals surface area contributed by atoms with Crippen LogP contribution in [0.25, 0.3) is 5.57 Å². The second kappa shape index (κ2) is 4.88. The Morgan fingerprint density at radius 1 is 1.57 bits per heavy atom. The van der Waals surface area contributed by atoms with Gasteiger partial charge in [0.25, 0.3) is 0 Å². The lowest BCUT2D eigenvalue weighted by molar-refractivity contribution is 1.21. The number of hydrogen-bond acceptors (Lipinski definition) is 2. The number of nitrogens with zero attached hydrogens (tertiary/aromatic N) is 1. The highest BCUT2D eigenvalue weighted by molar-refractivity contribution is 5.76. The molecule has 0 fully saturated rings. The van der Waals surface area contributed by atoms with Crippen molar-refractivity contribution in [1.29, 1.82) is 5.26 Å². The van der Waals surface area contributed by atoms with E-state index < -0.39 is 0 Å². The predicted octanol–water partition coefficient (Wildman–Crippen LogP) is 2.59. The van der Waals surface area contributed by atoms with Gasteiger partial charge in [-0.1, -0.05) is 36.4 Å². The monoisotopic (exact) mass is 184 g/mol. The molecule has 1 N–H and O–H groups in total. The maximum Gasteiger partial charge on any atom is 0.101 e. The van der Waals surface area contributed by atoms with E-state index in [9.17, 15) is 0 Å². The minimum atomic E-state index is 0.605. The molecule has 14 heavy (non-hydrogen) atoms. The zero-order valence-corrected chi connectivity index (χ0v) is 8.12. The summed E-state index contributed by atoms with van der Waals surface area (Å²) >= 11 is 0. The normalized spacial score (nSPS) is 10.4. The van der Waals surface area contributed by atoms with Crippen molar-refractivity contribution in [3.05, 3.63) is 54.4 Å². The standard InChI is InChI=1S/C12H12N2/c1-3-14-9-12(8-13)11-6-4-5-10(2)7-11/h3-7,9,14H,1H2,2H3/b12-9+. The van der Waals surface area contributed by atoms with Crippen molar-refractivity contribution >= 4 is 5.57 Å². The second-order valence-electron chi connectivity index (χ2n) is 2.91. The molecule has 2 nitrogen and oxygen atoms in total. The Balaban J connectivity index is 3.02. The third-order valence-corrected chi connectivity index (χ3v) is 1.80. The predicted molar refractivity (Wildman–Crippen MR) is 58.1 cm³/mol. The Labute approximate surface area is 84.2 Å². The number of allylic oxidation sites excluding steroid dienone is 1. The van der Waals surface area contributed by atoms with Crippen LogP contribution in [0.3, 0.4) is 0 Å². The molecule has 1 rings (SSSR count). The first-order valence-corrected chi connectivity index (χ1v) is 4.32. The quantitative estimate of drug-likeness (QED) is 0.733. The van der Waals surface area contributed by atoms with E-state index >= 15 is 0 Å². The van der Waals surface area contributed by atoms with Gasteiger partial charge in [-0.25, -0.2) is 0 Å². The van der Waals surface area contributed by atoms with Gasteiger partial charge in [0, 0.05) is 6.20 Å². The van der Waals surface area contributed by atoms with Crippen molar-refractivity contribution in [2.24, 2.45) is 0 Å². The summed E-state index contributed by atoms with van der Waals surface area (Å²) in [5.74, 6) is 0. The van der Waals surface area contributed by atoms with E-state index in [1.54, 1.807) is 6.20 Å². The van der Waals surface area contributed by atoms with Crippen LogP contribution in [-0.4, -0.2) is 0 Å². The Morgan fingerprint density at radius 2 is 2.36 bits per heavy atom. The molecular weight excluding hydrogens is 172 g/mol. The van der Waals surface area contributed by atoms with Gasteiger partial charge in [-0.3, -0.25) is 0 Å². The van der Waals surface area contributed by atoms with Crippen LogP contribution < -0.4 is 5.32 Å². The van der Waals surface area contributed by atoms with Gasteiger partial charge in [-0.05, 0) is 18.7 Å². The molecule has 0 aromatic heterocycles. The third-order valence-electron chi connectivity index (χ3n) is 1.80. The van der Waals surface area contributed by atoms with Crippen molar-refractivity contribution in [2.45, 2.75) is 6.92 Å². The summed E-state index contributed by atoms with van der Waals surface area (Å²) in [6.45, 7) is 5.51.